The Kier molecular flexibility index (Phi) is 6.01. The molecule has 0 bridgehead atoms. The molecule has 0 unspecified atom stereocenters. The van der Waals surface area contributed by atoms with Crippen molar-refractivity contribution in [3.8, 4) is 0 Å². The quantitative estimate of drug-likeness (QED) is 0.593. The van der Waals surface area contributed by atoms with Gasteiger partial charge in [-0.1, -0.05) is 17.4 Å². The Morgan fingerprint density at radius 3 is 2.59 bits per heavy atom. The molecular formula is C20H17F3N4O3S2. The number of anilines is 1. The average molecular weight is 483 g/mol. The first-order chi connectivity index (χ1) is 15.2. The molecule has 1 N–H and O–H groups in total. The van der Waals surface area contributed by atoms with Crippen LogP contribution in [0.1, 0.15) is 39.3 Å². The van der Waals surface area contributed by atoms with Crippen molar-refractivity contribution in [2.45, 2.75) is 30.7 Å². The number of hydrogen-bond donors (Lipinski definition) is 1. The zero-order chi connectivity index (χ0) is 23.0. The summed E-state index contributed by atoms with van der Waals surface area (Å²) in [5.41, 5.74) is 0.190. The summed E-state index contributed by atoms with van der Waals surface area (Å²) in [6.45, 7) is 1.80. The number of carbonyl (C=O) groups is 1. The standard InChI is InChI=1S/C20H17F3N4O3S2/c1-11-4-5-13(22)10-17(11)32(29,30)27-8-2-3-16(27)19-25-26-20(31-19)18(28)24-15-7-6-12(21)9-14(15)23/h4-7,9-10,16H,2-3,8H2,1H3,(H,24,28)/t16-/m1/s1. The molecule has 1 aliphatic heterocycles. The van der Waals surface area contributed by atoms with Gasteiger partial charge in [0.05, 0.1) is 16.6 Å². The van der Waals surface area contributed by atoms with Gasteiger partial charge in [0.15, 0.2) is 0 Å². The number of sulfonamides is 1. The van der Waals surface area contributed by atoms with Gasteiger partial charge in [-0.15, -0.1) is 10.2 Å². The Morgan fingerprint density at radius 2 is 1.84 bits per heavy atom. The molecule has 0 spiro atoms. The lowest BCUT2D eigenvalue weighted by atomic mass is 10.2. The molecule has 0 radical (unpaired) electrons. The van der Waals surface area contributed by atoms with Crippen molar-refractivity contribution in [1.29, 1.82) is 0 Å². The maximum Gasteiger partial charge on any atom is 0.286 e. The number of amides is 1. The third-order valence-corrected chi connectivity index (χ3v) is 8.11. The Balaban J connectivity index is 1.58. The summed E-state index contributed by atoms with van der Waals surface area (Å²) in [7, 11) is -4.01. The van der Waals surface area contributed by atoms with Gasteiger partial charge >= 0.3 is 0 Å². The second-order valence-electron chi connectivity index (χ2n) is 7.21. The van der Waals surface area contributed by atoms with Crippen molar-refractivity contribution < 1.29 is 26.4 Å². The molecule has 168 valence electrons. The normalized spacial score (nSPS) is 16.9. The maximum atomic E-state index is 13.8. The number of benzene rings is 2. The molecule has 2 aromatic carbocycles. The maximum absolute atomic E-state index is 13.8. The fraction of sp³-hybridized carbons (Fsp3) is 0.250. The fourth-order valence-corrected chi connectivity index (χ4v) is 6.33. The zero-order valence-electron chi connectivity index (χ0n) is 16.7. The summed E-state index contributed by atoms with van der Waals surface area (Å²) in [5.74, 6) is -3.14. The van der Waals surface area contributed by atoms with Gasteiger partial charge in [0.1, 0.15) is 22.5 Å². The van der Waals surface area contributed by atoms with Crippen LogP contribution in [0.5, 0.6) is 0 Å². The van der Waals surface area contributed by atoms with Crippen molar-refractivity contribution in [1.82, 2.24) is 14.5 Å². The molecule has 1 fully saturated rings. The minimum Gasteiger partial charge on any atom is -0.317 e. The summed E-state index contributed by atoms with van der Waals surface area (Å²) in [5, 5.41) is 10.3. The van der Waals surface area contributed by atoms with Gasteiger partial charge in [0.25, 0.3) is 5.91 Å². The summed E-state index contributed by atoms with van der Waals surface area (Å²) >= 11 is 0.878. The third kappa shape index (κ3) is 4.25. The summed E-state index contributed by atoms with van der Waals surface area (Å²) in [6.07, 6.45) is 1.01. The summed E-state index contributed by atoms with van der Waals surface area (Å²) in [6, 6.07) is 5.62. The lowest BCUT2D eigenvalue weighted by Crippen LogP contribution is -2.31. The predicted octanol–water partition coefficient (Wildman–Crippen LogP) is 4.04. The molecule has 7 nitrogen and oxygen atoms in total. The Morgan fingerprint density at radius 1 is 1.12 bits per heavy atom. The second-order valence-corrected chi connectivity index (χ2v) is 10.1. The number of nitrogens with one attached hydrogen (secondary N) is 1. The molecule has 1 amide bonds. The van der Waals surface area contributed by atoms with Gasteiger partial charge in [0.2, 0.25) is 15.0 Å². The number of halogens is 3. The minimum atomic E-state index is -4.01. The molecule has 2 heterocycles. The monoisotopic (exact) mass is 482 g/mol. The van der Waals surface area contributed by atoms with Crippen LogP contribution < -0.4 is 5.32 Å². The van der Waals surface area contributed by atoms with Crippen LogP contribution in [0.2, 0.25) is 0 Å². The van der Waals surface area contributed by atoms with E-state index in [9.17, 15) is 26.4 Å². The van der Waals surface area contributed by atoms with E-state index in [-0.39, 0.29) is 22.1 Å². The molecule has 3 aromatic rings. The van der Waals surface area contributed by atoms with E-state index in [1.165, 1.54) is 16.4 Å². The molecule has 1 aliphatic rings. The third-order valence-electron chi connectivity index (χ3n) is 5.04. The van der Waals surface area contributed by atoms with Crippen LogP contribution in [0.15, 0.2) is 41.3 Å². The Labute approximate surface area is 186 Å². The average Bonchev–Trinajstić information content (AvgIpc) is 3.41. The zero-order valence-corrected chi connectivity index (χ0v) is 18.3. The van der Waals surface area contributed by atoms with Crippen LogP contribution in [0.3, 0.4) is 0 Å². The topological polar surface area (TPSA) is 92.3 Å². The van der Waals surface area contributed by atoms with Gasteiger partial charge in [-0.3, -0.25) is 4.79 Å². The molecule has 12 heteroatoms. The highest BCUT2D eigenvalue weighted by Gasteiger charge is 2.39. The Hall–Kier alpha value is -2.83. The van der Waals surface area contributed by atoms with Crippen molar-refractivity contribution in [3.05, 3.63) is 69.4 Å². The van der Waals surface area contributed by atoms with Crippen LogP contribution in [0.4, 0.5) is 18.9 Å². The molecular weight excluding hydrogens is 465 g/mol. The van der Waals surface area contributed by atoms with E-state index >= 15 is 0 Å². The van der Waals surface area contributed by atoms with Crippen molar-refractivity contribution >= 4 is 33.0 Å². The first-order valence-electron chi connectivity index (χ1n) is 9.54. The highest BCUT2D eigenvalue weighted by atomic mass is 32.2. The van der Waals surface area contributed by atoms with Crippen molar-refractivity contribution in [2.75, 3.05) is 11.9 Å². The van der Waals surface area contributed by atoms with E-state index in [4.69, 9.17) is 0 Å². The van der Waals surface area contributed by atoms with Crippen LogP contribution in [-0.4, -0.2) is 35.4 Å². The highest BCUT2D eigenvalue weighted by molar-refractivity contribution is 7.89. The largest absolute Gasteiger partial charge is 0.317 e. The van der Waals surface area contributed by atoms with Crippen molar-refractivity contribution in [2.24, 2.45) is 0 Å². The number of aromatic nitrogens is 2. The molecule has 0 aliphatic carbocycles. The van der Waals surface area contributed by atoms with Gasteiger partial charge < -0.3 is 5.32 Å². The first kappa shape index (κ1) is 22.4. The van der Waals surface area contributed by atoms with Crippen molar-refractivity contribution in [3.63, 3.8) is 0 Å². The highest BCUT2D eigenvalue weighted by Crippen LogP contribution is 2.38. The van der Waals surface area contributed by atoms with E-state index in [0.29, 0.717) is 29.5 Å². The molecule has 0 saturated carbocycles. The predicted molar refractivity (Wildman–Crippen MR) is 111 cm³/mol. The van der Waals surface area contributed by atoms with Crippen LogP contribution in [0.25, 0.3) is 0 Å². The molecule has 1 aromatic heterocycles. The van der Waals surface area contributed by atoms with Gasteiger partial charge in [-0.2, -0.15) is 4.31 Å². The lowest BCUT2D eigenvalue weighted by Gasteiger charge is -2.23. The molecule has 4 rings (SSSR count). The number of aryl methyl sites for hydroxylation is 1. The smallest absolute Gasteiger partial charge is 0.286 e. The number of nitrogens with zero attached hydrogens (tertiary/aromatic N) is 3. The molecule has 1 atom stereocenters. The number of rotatable bonds is 5. The summed E-state index contributed by atoms with van der Waals surface area (Å²) < 4.78 is 68.2. The van der Waals surface area contributed by atoms with Crippen LogP contribution in [0, 0.1) is 24.4 Å². The van der Waals surface area contributed by atoms with E-state index in [1.807, 2.05) is 0 Å². The molecule has 1 saturated heterocycles. The van der Waals surface area contributed by atoms with Gasteiger partial charge in [-0.05, 0) is 49.6 Å². The second kappa shape index (κ2) is 8.60. The SMILES string of the molecule is Cc1ccc(F)cc1S(=O)(=O)N1CCC[C@@H]1c1nnc(C(=O)Nc2ccc(F)cc2F)s1. The van der Waals surface area contributed by atoms with Crippen LogP contribution >= 0.6 is 11.3 Å². The lowest BCUT2D eigenvalue weighted by molar-refractivity contribution is 0.102. The van der Waals surface area contributed by atoms with Crippen LogP contribution in [-0.2, 0) is 10.0 Å². The van der Waals surface area contributed by atoms with E-state index in [1.54, 1.807) is 6.92 Å². The van der Waals surface area contributed by atoms with Gasteiger partial charge in [0, 0.05) is 12.6 Å². The number of carbonyl (C=O) groups excluding carboxylic acids is 1. The van der Waals surface area contributed by atoms with Gasteiger partial charge in [-0.25, -0.2) is 21.6 Å². The first-order valence-corrected chi connectivity index (χ1v) is 11.8. The van der Waals surface area contributed by atoms with E-state index < -0.39 is 39.4 Å². The Bertz CT molecular complexity index is 1300. The number of hydrogen-bond acceptors (Lipinski definition) is 6. The fourth-order valence-electron chi connectivity index (χ4n) is 3.48. The minimum absolute atomic E-state index is 0.102. The van der Waals surface area contributed by atoms with E-state index in [0.717, 1.165) is 29.5 Å². The summed E-state index contributed by atoms with van der Waals surface area (Å²) in [4.78, 5) is 12.3. The van der Waals surface area contributed by atoms with E-state index in [2.05, 4.69) is 15.5 Å². The molecule has 32 heavy (non-hydrogen) atoms.